The van der Waals surface area contributed by atoms with E-state index < -0.39 is 56.7 Å². The lowest BCUT2D eigenvalue weighted by atomic mass is 10.1. The van der Waals surface area contributed by atoms with Crippen molar-refractivity contribution in [2.45, 2.75) is 31.3 Å². The van der Waals surface area contributed by atoms with Crippen molar-refractivity contribution in [2.75, 3.05) is 23.1 Å². The summed E-state index contributed by atoms with van der Waals surface area (Å²) in [5.74, 6) is -7.26. The van der Waals surface area contributed by atoms with Crippen LogP contribution in [0.25, 0.3) is 11.3 Å². The zero-order chi connectivity index (χ0) is 30.7. The first-order valence-electron chi connectivity index (χ1n) is 13.0. The molecule has 1 aliphatic heterocycles. The number of anilines is 2. The molecule has 226 valence electrons. The van der Waals surface area contributed by atoms with Crippen molar-refractivity contribution in [3.8, 4) is 22.9 Å². The van der Waals surface area contributed by atoms with E-state index in [1.165, 1.54) is 43.6 Å². The number of nitrogens with zero attached hydrogens (tertiary/aromatic N) is 3. The number of piperidine rings is 1. The first-order chi connectivity index (χ1) is 20.5. The van der Waals surface area contributed by atoms with E-state index in [-0.39, 0.29) is 47.7 Å². The molecule has 1 saturated heterocycles. The van der Waals surface area contributed by atoms with Gasteiger partial charge in [0.15, 0.2) is 17.4 Å². The third-order valence-corrected chi connectivity index (χ3v) is 7.78. The van der Waals surface area contributed by atoms with Gasteiger partial charge >= 0.3 is 0 Å². The Kier molecular flexibility index (Phi) is 8.73. The molecule has 0 radical (unpaired) electrons. The van der Waals surface area contributed by atoms with Crippen LogP contribution in [0, 0.1) is 30.2 Å². The van der Waals surface area contributed by atoms with Gasteiger partial charge in [-0.1, -0.05) is 6.07 Å². The van der Waals surface area contributed by atoms with Crippen LogP contribution in [0.3, 0.4) is 0 Å². The van der Waals surface area contributed by atoms with Crippen molar-refractivity contribution >= 4 is 21.7 Å². The maximum Gasteiger partial charge on any atom is 0.237 e. The van der Waals surface area contributed by atoms with Gasteiger partial charge in [-0.3, -0.25) is 4.72 Å². The predicted octanol–water partition coefficient (Wildman–Crippen LogP) is 5.25. The summed E-state index contributed by atoms with van der Waals surface area (Å²) in [6.07, 6.45) is 1.97. The van der Waals surface area contributed by atoms with Gasteiger partial charge < -0.3 is 15.4 Å². The summed E-state index contributed by atoms with van der Waals surface area (Å²) in [4.78, 5) is 12.6. The van der Waals surface area contributed by atoms with Crippen molar-refractivity contribution in [1.29, 1.82) is 0 Å². The molecule has 1 aliphatic rings. The zero-order valence-electron chi connectivity index (χ0n) is 22.5. The quantitative estimate of drug-likeness (QED) is 0.172. The largest absolute Gasteiger partial charge is 0.435 e. The number of benzene rings is 2. The molecule has 15 heteroatoms. The van der Waals surface area contributed by atoms with Crippen LogP contribution < -0.4 is 20.1 Å². The van der Waals surface area contributed by atoms with E-state index in [2.05, 4.69) is 25.6 Å². The molecule has 0 amide bonds. The summed E-state index contributed by atoms with van der Waals surface area (Å²) in [5.41, 5.74) is -0.271. The van der Waals surface area contributed by atoms with Crippen LogP contribution >= 0.6 is 0 Å². The SMILES string of the molecule is Cc1cc(F)ccc1CS(=O)(=O)Nc1c(F)cc(Oc2ncccc2-c2ccnc(NC3CNC[C@@H](F)C3)n2)c(F)c1F. The molecule has 3 heterocycles. The van der Waals surface area contributed by atoms with E-state index in [1.54, 1.807) is 4.72 Å². The fourth-order valence-corrected chi connectivity index (χ4v) is 5.79. The highest BCUT2D eigenvalue weighted by atomic mass is 32.2. The van der Waals surface area contributed by atoms with Gasteiger partial charge in [-0.2, -0.15) is 4.39 Å². The van der Waals surface area contributed by atoms with Gasteiger partial charge in [0.1, 0.15) is 17.7 Å². The van der Waals surface area contributed by atoms with Crippen molar-refractivity contribution in [3.05, 3.63) is 89.3 Å². The maximum atomic E-state index is 15.1. The van der Waals surface area contributed by atoms with E-state index in [1.807, 2.05) is 0 Å². The smallest absolute Gasteiger partial charge is 0.237 e. The number of ether oxygens (including phenoxy) is 1. The summed E-state index contributed by atoms with van der Waals surface area (Å²) in [5, 5.41) is 6.01. The Bertz CT molecular complexity index is 1760. The van der Waals surface area contributed by atoms with Crippen molar-refractivity contribution < 1.29 is 35.1 Å². The van der Waals surface area contributed by atoms with Crippen LogP contribution in [0.4, 0.5) is 33.6 Å². The number of hydrogen-bond donors (Lipinski definition) is 3. The van der Waals surface area contributed by atoms with Crippen LogP contribution in [0.1, 0.15) is 17.5 Å². The Balaban J connectivity index is 1.38. The Morgan fingerprint density at radius 3 is 2.60 bits per heavy atom. The first-order valence-corrected chi connectivity index (χ1v) is 14.6. The number of sulfonamides is 1. The van der Waals surface area contributed by atoms with Gasteiger partial charge in [0, 0.05) is 44.0 Å². The third kappa shape index (κ3) is 7.17. The minimum atomic E-state index is -4.43. The average Bonchev–Trinajstić information content (AvgIpc) is 2.96. The Hall–Kier alpha value is -4.37. The number of halogens is 5. The second kappa shape index (κ2) is 12.5. The molecule has 5 rings (SSSR count). The molecule has 2 aromatic carbocycles. The summed E-state index contributed by atoms with van der Waals surface area (Å²) >= 11 is 0. The minimum absolute atomic E-state index is 0.183. The van der Waals surface area contributed by atoms with E-state index >= 15 is 8.78 Å². The van der Waals surface area contributed by atoms with E-state index in [4.69, 9.17) is 4.74 Å². The van der Waals surface area contributed by atoms with Gasteiger partial charge in [-0.25, -0.2) is 40.9 Å². The molecule has 1 unspecified atom stereocenters. The molecule has 0 bridgehead atoms. The summed E-state index contributed by atoms with van der Waals surface area (Å²) in [6.45, 7) is 2.24. The molecule has 9 nitrogen and oxygen atoms in total. The lowest BCUT2D eigenvalue weighted by molar-refractivity contribution is 0.254. The Morgan fingerprint density at radius 2 is 1.84 bits per heavy atom. The topological polar surface area (TPSA) is 118 Å². The average molecular weight is 621 g/mol. The van der Waals surface area contributed by atoms with Gasteiger partial charge in [0.2, 0.25) is 27.7 Å². The van der Waals surface area contributed by atoms with Crippen LogP contribution in [0.5, 0.6) is 11.6 Å². The monoisotopic (exact) mass is 620 g/mol. The van der Waals surface area contributed by atoms with Gasteiger partial charge in [0.05, 0.1) is 17.0 Å². The highest BCUT2D eigenvalue weighted by Gasteiger charge is 2.26. The van der Waals surface area contributed by atoms with Crippen molar-refractivity contribution in [1.82, 2.24) is 20.3 Å². The number of pyridine rings is 1. The summed E-state index contributed by atoms with van der Waals surface area (Å²) in [6, 6.07) is 8.16. The number of aryl methyl sites for hydroxylation is 1. The Morgan fingerprint density at radius 1 is 1.02 bits per heavy atom. The summed E-state index contributed by atoms with van der Waals surface area (Å²) < 4.78 is 105. The molecular formula is C28H25F5N6O3S. The molecule has 2 aromatic heterocycles. The third-order valence-electron chi connectivity index (χ3n) is 6.57. The molecule has 0 spiro atoms. The highest BCUT2D eigenvalue weighted by Crippen LogP contribution is 2.36. The number of hydrogen-bond acceptors (Lipinski definition) is 8. The normalized spacial score (nSPS) is 17.0. The predicted molar refractivity (Wildman–Crippen MR) is 149 cm³/mol. The van der Waals surface area contributed by atoms with Crippen LogP contribution in [0.15, 0.2) is 54.9 Å². The molecule has 0 aliphatic carbocycles. The molecule has 4 aromatic rings. The lowest BCUT2D eigenvalue weighted by Crippen LogP contribution is -2.44. The number of nitrogens with one attached hydrogen (secondary N) is 3. The van der Waals surface area contributed by atoms with Gasteiger partial charge in [0.25, 0.3) is 0 Å². The lowest BCUT2D eigenvalue weighted by Gasteiger charge is -2.26. The fraction of sp³-hybridized carbons (Fsp3) is 0.250. The molecule has 3 N–H and O–H groups in total. The molecule has 1 fully saturated rings. The second-order valence-corrected chi connectivity index (χ2v) is 11.6. The standard InChI is InChI=1S/C28H25F5N6O3S/c1-15-9-17(29)5-4-16(15)14-43(40,41)39-26-21(31)11-23(24(32)25(26)33)42-27-20(3-2-7-35-27)22-6-8-36-28(38-22)37-19-10-18(30)12-34-13-19/h2-9,11,18-19,34,39H,10,12-14H2,1H3,(H,36,37,38)/t18-,19?/m0/s1. The first kappa shape index (κ1) is 30.1. The van der Waals surface area contributed by atoms with Crippen LogP contribution in [0.2, 0.25) is 0 Å². The van der Waals surface area contributed by atoms with E-state index in [0.717, 1.165) is 12.1 Å². The number of aromatic nitrogens is 3. The fourth-order valence-electron chi connectivity index (χ4n) is 4.49. The van der Waals surface area contributed by atoms with E-state index in [0.29, 0.717) is 18.2 Å². The van der Waals surface area contributed by atoms with Crippen molar-refractivity contribution in [2.24, 2.45) is 0 Å². The zero-order valence-corrected chi connectivity index (χ0v) is 23.4. The minimum Gasteiger partial charge on any atom is -0.435 e. The van der Waals surface area contributed by atoms with Gasteiger partial charge in [-0.15, -0.1) is 0 Å². The van der Waals surface area contributed by atoms with Crippen LogP contribution in [-0.2, 0) is 15.8 Å². The summed E-state index contributed by atoms with van der Waals surface area (Å²) in [7, 11) is -4.43. The molecule has 0 saturated carbocycles. The molecular weight excluding hydrogens is 595 g/mol. The highest BCUT2D eigenvalue weighted by molar-refractivity contribution is 7.91. The number of rotatable bonds is 9. The van der Waals surface area contributed by atoms with Gasteiger partial charge in [-0.05, 0) is 48.4 Å². The number of alkyl halides is 1. The van der Waals surface area contributed by atoms with Crippen LogP contribution in [-0.4, -0.2) is 48.7 Å². The Labute approximate surface area is 243 Å². The maximum absolute atomic E-state index is 15.1. The van der Waals surface area contributed by atoms with Crippen molar-refractivity contribution in [3.63, 3.8) is 0 Å². The molecule has 2 atom stereocenters. The van der Waals surface area contributed by atoms with E-state index in [9.17, 15) is 21.6 Å². The second-order valence-electron chi connectivity index (χ2n) is 9.85. The molecule has 43 heavy (non-hydrogen) atoms.